The van der Waals surface area contributed by atoms with Crippen LogP contribution in [-0.4, -0.2) is 19.2 Å². The lowest BCUT2D eigenvalue weighted by molar-refractivity contribution is 0.167. The van der Waals surface area contributed by atoms with Crippen LogP contribution in [0.3, 0.4) is 0 Å². The fraction of sp³-hybridized carbons (Fsp3) is 0.600. The molecule has 0 bridgehead atoms. The molecule has 0 aliphatic carbocycles. The summed E-state index contributed by atoms with van der Waals surface area (Å²) < 4.78 is 5.96. The molecule has 1 fully saturated rings. The molecule has 1 aromatic rings. The van der Waals surface area contributed by atoms with Gasteiger partial charge in [0.1, 0.15) is 11.9 Å². The van der Waals surface area contributed by atoms with Gasteiger partial charge in [-0.25, -0.2) is 0 Å². The lowest BCUT2D eigenvalue weighted by Crippen LogP contribution is -2.37. The van der Waals surface area contributed by atoms with Crippen LogP contribution in [0.1, 0.15) is 44.6 Å². The molecule has 2 atom stereocenters. The van der Waals surface area contributed by atoms with Crippen molar-refractivity contribution in [2.45, 2.75) is 45.1 Å². The summed E-state index contributed by atoms with van der Waals surface area (Å²) >= 11 is 0. The second kappa shape index (κ2) is 6.06. The first-order valence-electron chi connectivity index (χ1n) is 6.77. The van der Waals surface area contributed by atoms with Crippen molar-refractivity contribution < 1.29 is 4.74 Å². The van der Waals surface area contributed by atoms with Crippen LogP contribution in [0, 0.1) is 0 Å². The van der Waals surface area contributed by atoms with E-state index in [4.69, 9.17) is 4.74 Å². The van der Waals surface area contributed by atoms with Crippen molar-refractivity contribution in [1.82, 2.24) is 5.32 Å². The smallest absolute Gasteiger partial charge is 0.119 e. The number of rotatable bonds is 4. The van der Waals surface area contributed by atoms with E-state index in [2.05, 4.69) is 43.4 Å². The van der Waals surface area contributed by atoms with Gasteiger partial charge >= 0.3 is 0 Å². The molecule has 2 rings (SSSR count). The molecule has 0 spiro atoms. The Morgan fingerprint density at radius 3 is 2.71 bits per heavy atom. The largest absolute Gasteiger partial charge is 0.489 e. The summed E-state index contributed by atoms with van der Waals surface area (Å²) in [5, 5.41) is 3.37. The van der Waals surface area contributed by atoms with Crippen LogP contribution in [0.15, 0.2) is 24.3 Å². The molecule has 1 aliphatic rings. The van der Waals surface area contributed by atoms with Crippen LogP contribution in [0.2, 0.25) is 0 Å². The first-order valence-corrected chi connectivity index (χ1v) is 6.77. The Morgan fingerprint density at radius 2 is 2.12 bits per heavy atom. The Morgan fingerprint density at radius 1 is 1.35 bits per heavy atom. The van der Waals surface area contributed by atoms with Crippen molar-refractivity contribution in [2.24, 2.45) is 0 Å². The van der Waals surface area contributed by atoms with Crippen LogP contribution in [0.25, 0.3) is 0 Å². The molecule has 17 heavy (non-hydrogen) atoms. The standard InChI is InChI=1S/C15H23NO/c1-3-12(2)13-6-8-14(9-7-13)17-15-5-4-10-16-11-15/h6-9,12,15-16H,3-5,10-11H2,1-2H3/t12-,15-/m0/s1. The third-order valence-corrected chi connectivity index (χ3v) is 3.62. The Kier molecular flexibility index (Phi) is 4.43. The van der Waals surface area contributed by atoms with Crippen molar-refractivity contribution >= 4 is 0 Å². The molecular formula is C15H23NO. The average molecular weight is 233 g/mol. The highest BCUT2D eigenvalue weighted by Crippen LogP contribution is 2.22. The minimum Gasteiger partial charge on any atom is -0.489 e. The number of hydrogen-bond acceptors (Lipinski definition) is 2. The zero-order valence-corrected chi connectivity index (χ0v) is 10.9. The first-order chi connectivity index (χ1) is 8.29. The number of piperidine rings is 1. The third-order valence-electron chi connectivity index (χ3n) is 3.62. The maximum absolute atomic E-state index is 5.96. The highest BCUT2D eigenvalue weighted by Gasteiger charge is 2.14. The molecule has 0 amide bonds. The molecule has 94 valence electrons. The van der Waals surface area contributed by atoms with E-state index in [0.717, 1.165) is 18.8 Å². The molecular weight excluding hydrogens is 210 g/mol. The fourth-order valence-electron chi connectivity index (χ4n) is 2.22. The van der Waals surface area contributed by atoms with Gasteiger partial charge in [0.2, 0.25) is 0 Å². The third kappa shape index (κ3) is 3.47. The summed E-state index contributed by atoms with van der Waals surface area (Å²) in [5.41, 5.74) is 1.40. The van der Waals surface area contributed by atoms with Gasteiger partial charge in [0.05, 0.1) is 0 Å². The molecule has 0 radical (unpaired) electrons. The molecule has 1 aromatic carbocycles. The van der Waals surface area contributed by atoms with Gasteiger partial charge in [0.15, 0.2) is 0 Å². The zero-order chi connectivity index (χ0) is 12.1. The molecule has 0 unspecified atom stereocenters. The van der Waals surface area contributed by atoms with Crippen LogP contribution >= 0.6 is 0 Å². The maximum atomic E-state index is 5.96. The maximum Gasteiger partial charge on any atom is 0.119 e. The van der Waals surface area contributed by atoms with Crippen molar-refractivity contribution in [3.8, 4) is 5.75 Å². The Hall–Kier alpha value is -1.02. The first kappa shape index (κ1) is 12.4. The van der Waals surface area contributed by atoms with E-state index in [-0.39, 0.29) is 0 Å². The summed E-state index contributed by atoms with van der Waals surface area (Å²) in [5.74, 6) is 1.64. The Labute approximate surface area is 104 Å². The molecule has 0 aromatic heterocycles. The number of hydrogen-bond donors (Lipinski definition) is 1. The predicted molar refractivity (Wildman–Crippen MR) is 71.7 cm³/mol. The molecule has 1 N–H and O–H groups in total. The predicted octanol–water partition coefficient (Wildman–Crippen LogP) is 3.33. The van der Waals surface area contributed by atoms with Gasteiger partial charge in [-0.05, 0) is 49.4 Å². The lowest BCUT2D eigenvalue weighted by atomic mass is 9.99. The molecule has 1 aliphatic heterocycles. The molecule has 2 heteroatoms. The van der Waals surface area contributed by atoms with Gasteiger partial charge in [0.25, 0.3) is 0 Å². The van der Waals surface area contributed by atoms with Crippen molar-refractivity contribution in [1.29, 1.82) is 0 Å². The van der Waals surface area contributed by atoms with Gasteiger partial charge in [-0.2, -0.15) is 0 Å². The minimum atomic E-state index is 0.346. The van der Waals surface area contributed by atoms with Crippen LogP contribution < -0.4 is 10.1 Å². The van der Waals surface area contributed by atoms with Gasteiger partial charge in [-0.15, -0.1) is 0 Å². The summed E-state index contributed by atoms with van der Waals surface area (Å²) in [6.07, 6.45) is 3.92. The second-order valence-corrected chi connectivity index (χ2v) is 4.96. The van der Waals surface area contributed by atoms with E-state index in [1.54, 1.807) is 0 Å². The monoisotopic (exact) mass is 233 g/mol. The summed E-state index contributed by atoms with van der Waals surface area (Å²) in [6, 6.07) is 8.60. The van der Waals surface area contributed by atoms with E-state index in [1.165, 1.54) is 24.8 Å². The summed E-state index contributed by atoms with van der Waals surface area (Å²) in [7, 11) is 0. The number of ether oxygens (including phenoxy) is 1. The highest BCUT2D eigenvalue weighted by molar-refractivity contribution is 5.29. The van der Waals surface area contributed by atoms with E-state index in [1.807, 2.05) is 0 Å². The van der Waals surface area contributed by atoms with Crippen LogP contribution in [0.4, 0.5) is 0 Å². The highest BCUT2D eigenvalue weighted by atomic mass is 16.5. The van der Waals surface area contributed by atoms with Gasteiger partial charge in [-0.3, -0.25) is 0 Å². The number of benzene rings is 1. The summed E-state index contributed by atoms with van der Waals surface area (Å²) in [4.78, 5) is 0. The molecule has 0 saturated carbocycles. The fourth-order valence-corrected chi connectivity index (χ4v) is 2.22. The SMILES string of the molecule is CC[C@H](C)c1ccc(O[C@H]2CCCNC2)cc1. The minimum absolute atomic E-state index is 0.346. The van der Waals surface area contributed by atoms with Crippen molar-refractivity contribution in [3.05, 3.63) is 29.8 Å². The van der Waals surface area contributed by atoms with Gasteiger partial charge < -0.3 is 10.1 Å². The Bertz CT molecular complexity index is 327. The quantitative estimate of drug-likeness (QED) is 0.861. The number of nitrogens with one attached hydrogen (secondary N) is 1. The zero-order valence-electron chi connectivity index (χ0n) is 10.9. The Balaban J connectivity index is 1.93. The average Bonchev–Trinajstić information content (AvgIpc) is 2.40. The van der Waals surface area contributed by atoms with Crippen molar-refractivity contribution in [2.75, 3.05) is 13.1 Å². The molecule has 1 heterocycles. The normalized spacial score (nSPS) is 22.1. The summed E-state index contributed by atoms with van der Waals surface area (Å²) in [6.45, 7) is 6.60. The van der Waals surface area contributed by atoms with Crippen molar-refractivity contribution in [3.63, 3.8) is 0 Å². The van der Waals surface area contributed by atoms with E-state index < -0.39 is 0 Å². The van der Waals surface area contributed by atoms with Crippen LogP contribution in [0.5, 0.6) is 5.75 Å². The van der Waals surface area contributed by atoms with Crippen LogP contribution in [-0.2, 0) is 0 Å². The van der Waals surface area contributed by atoms with E-state index in [0.29, 0.717) is 12.0 Å². The molecule has 2 nitrogen and oxygen atoms in total. The van der Waals surface area contributed by atoms with E-state index >= 15 is 0 Å². The topological polar surface area (TPSA) is 21.3 Å². The lowest BCUT2D eigenvalue weighted by Gasteiger charge is -2.24. The van der Waals surface area contributed by atoms with E-state index in [9.17, 15) is 0 Å². The second-order valence-electron chi connectivity index (χ2n) is 4.96. The molecule has 1 saturated heterocycles. The van der Waals surface area contributed by atoms with Gasteiger partial charge in [-0.1, -0.05) is 26.0 Å². The van der Waals surface area contributed by atoms with Gasteiger partial charge in [0, 0.05) is 6.54 Å².